The Morgan fingerprint density at radius 3 is 2.16 bits per heavy atom. The second kappa shape index (κ2) is 15.6. The number of sulfonamides is 1. The summed E-state index contributed by atoms with van der Waals surface area (Å²) in [4.78, 5) is 30.3. The second-order valence-corrected chi connectivity index (χ2v) is 13.2. The van der Waals surface area contributed by atoms with Gasteiger partial charge in [0.25, 0.3) is 10.0 Å². The summed E-state index contributed by atoms with van der Waals surface area (Å²) < 4.78 is 35.1. The van der Waals surface area contributed by atoms with Gasteiger partial charge < -0.3 is 15.0 Å². The summed E-state index contributed by atoms with van der Waals surface area (Å²) in [7, 11) is -2.66. The predicted molar refractivity (Wildman–Crippen MR) is 180 cm³/mol. The van der Waals surface area contributed by atoms with Crippen molar-refractivity contribution >= 4 is 39.3 Å². The topological polar surface area (TPSA) is 96.0 Å². The molecule has 4 rings (SSSR count). The first-order chi connectivity index (χ1) is 21.7. The summed E-state index contributed by atoms with van der Waals surface area (Å²) >= 11 is 1.50. The zero-order valence-electron chi connectivity index (χ0n) is 26.0. The van der Waals surface area contributed by atoms with Gasteiger partial charge in [-0.1, -0.05) is 60.2 Å². The van der Waals surface area contributed by atoms with E-state index in [2.05, 4.69) is 5.32 Å². The lowest BCUT2D eigenvalue weighted by Crippen LogP contribution is -2.53. The van der Waals surface area contributed by atoms with Gasteiger partial charge in [-0.2, -0.15) is 0 Å². The van der Waals surface area contributed by atoms with Crippen LogP contribution in [0.5, 0.6) is 5.75 Å². The molecule has 45 heavy (non-hydrogen) atoms. The van der Waals surface area contributed by atoms with Crippen LogP contribution in [0.1, 0.15) is 23.6 Å². The second-order valence-electron chi connectivity index (χ2n) is 10.4. The van der Waals surface area contributed by atoms with E-state index in [1.54, 1.807) is 48.5 Å². The first-order valence-electron chi connectivity index (χ1n) is 14.7. The van der Waals surface area contributed by atoms with E-state index in [0.717, 1.165) is 25.9 Å². The molecule has 0 fully saturated rings. The Hall–Kier alpha value is -4.28. The molecule has 8 nitrogen and oxygen atoms in total. The molecule has 0 aliphatic rings. The smallest absolute Gasteiger partial charge is 0.264 e. The van der Waals surface area contributed by atoms with Gasteiger partial charge in [0.2, 0.25) is 11.8 Å². The molecule has 1 atom stereocenters. The van der Waals surface area contributed by atoms with E-state index in [4.69, 9.17) is 4.74 Å². The van der Waals surface area contributed by atoms with Crippen molar-refractivity contribution in [2.45, 2.75) is 42.6 Å². The normalized spacial score (nSPS) is 11.8. The van der Waals surface area contributed by atoms with Gasteiger partial charge in [-0.3, -0.25) is 13.9 Å². The van der Waals surface area contributed by atoms with E-state index in [9.17, 15) is 18.0 Å². The summed E-state index contributed by atoms with van der Waals surface area (Å²) in [5.74, 6) is -0.278. The van der Waals surface area contributed by atoms with Gasteiger partial charge in [0.05, 0.1) is 17.2 Å². The number of anilines is 1. The number of nitrogens with one attached hydrogen (secondary N) is 1. The number of ether oxygens (including phenoxy) is 1. The third-order valence-electron chi connectivity index (χ3n) is 7.31. The van der Waals surface area contributed by atoms with Gasteiger partial charge in [-0.15, -0.1) is 11.8 Å². The number of hydrogen-bond acceptors (Lipinski definition) is 6. The molecule has 10 heteroatoms. The largest absolute Gasteiger partial charge is 0.494 e. The molecule has 2 amide bonds. The standard InChI is InChI=1S/C35H39N3O5S2/c1-5-43-30-16-14-29(15-17-30)38(45(41,42)32-20-18-31(44-4)19-21-32)25-34(39)37(24-28-13-9-10-26(2)22-28)33(35(40)36-3)23-27-11-7-6-8-12-27/h6-22,33H,5,23-25H2,1-4H3,(H,36,40)/t33-/m0/s1. The Balaban J connectivity index is 1.78. The van der Waals surface area contributed by atoms with Gasteiger partial charge in [0.1, 0.15) is 18.3 Å². The number of nitrogens with zero attached hydrogens (tertiary/aromatic N) is 2. The molecule has 0 aliphatic carbocycles. The monoisotopic (exact) mass is 645 g/mol. The minimum Gasteiger partial charge on any atom is -0.494 e. The molecule has 0 aliphatic heterocycles. The minimum atomic E-state index is -4.19. The Morgan fingerprint density at radius 1 is 0.889 bits per heavy atom. The number of amides is 2. The van der Waals surface area contributed by atoms with Crippen LogP contribution in [0.4, 0.5) is 5.69 Å². The van der Waals surface area contributed by atoms with Gasteiger partial charge in [-0.25, -0.2) is 8.42 Å². The number of aryl methyl sites for hydroxylation is 1. The zero-order chi connectivity index (χ0) is 32.4. The highest BCUT2D eigenvalue weighted by Gasteiger charge is 2.34. The molecule has 4 aromatic carbocycles. The highest BCUT2D eigenvalue weighted by atomic mass is 32.2. The number of benzene rings is 4. The average Bonchev–Trinajstić information content (AvgIpc) is 3.06. The molecule has 0 aromatic heterocycles. The van der Waals surface area contributed by atoms with Crippen LogP contribution in [0.3, 0.4) is 0 Å². The lowest BCUT2D eigenvalue weighted by Gasteiger charge is -2.33. The van der Waals surface area contributed by atoms with Gasteiger partial charge in [-0.05, 0) is 79.8 Å². The SMILES string of the molecule is CCOc1ccc(N(CC(=O)N(Cc2cccc(C)c2)[C@@H](Cc2ccccc2)C(=O)NC)S(=O)(=O)c2ccc(SC)cc2)cc1. The molecule has 0 spiro atoms. The van der Waals surface area contributed by atoms with Gasteiger partial charge in [0, 0.05) is 24.9 Å². The van der Waals surface area contributed by atoms with Crippen LogP contribution in [0, 0.1) is 6.92 Å². The van der Waals surface area contributed by atoms with E-state index in [1.807, 2.05) is 74.7 Å². The lowest BCUT2D eigenvalue weighted by molar-refractivity contribution is -0.139. The average molecular weight is 646 g/mol. The number of carbonyl (C=O) groups is 2. The molecule has 0 heterocycles. The first kappa shape index (κ1) is 33.6. The van der Waals surface area contributed by atoms with Crippen molar-refractivity contribution in [3.63, 3.8) is 0 Å². The molecular formula is C35H39N3O5S2. The fourth-order valence-electron chi connectivity index (χ4n) is 5.01. The van der Waals surface area contributed by atoms with E-state index in [0.29, 0.717) is 18.0 Å². The molecule has 0 saturated heterocycles. The van der Waals surface area contributed by atoms with E-state index in [-0.39, 0.29) is 23.8 Å². The van der Waals surface area contributed by atoms with Crippen molar-refractivity contribution in [1.29, 1.82) is 0 Å². The van der Waals surface area contributed by atoms with Crippen LogP contribution in [0.25, 0.3) is 0 Å². The Morgan fingerprint density at radius 2 is 1.56 bits per heavy atom. The molecule has 4 aromatic rings. The number of hydrogen-bond donors (Lipinski definition) is 1. The Labute approximate surface area is 270 Å². The number of likely N-dealkylation sites (N-methyl/N-ethyl adjacent to an activating group) is 1. The molecular weight excluding hydrogens is 607 g/mol. The van der Waals surface area contributed by atoms with E-state index >= 15 is 0 Å². The van der Waals surface area contributed by atoms with Crippen molar-refractivity contribution in [3.05, 3.63) is 120 Å². The van der Waals surface area contributed by atoms with Crippen molar-refractivity contribution in [2.24, 2.45) is 0 Å². The van der Waals surface area contributed by atoms with E-state index < -0.39 is 28.5 Å². The summed E-state index contributed by atoms with van der Waals surface area (Å²) in [6.07, 6.45) is 2.17. The van der Waals surface area contributed by atoms with Crippen LogP contribution in [0.2, 0.25) is 0 Å². The maximum atomic E-state index is 14.4. The van der Waals surface area contributed by atoms with Crippen molar-refractivity contribution in [3.8, 4) is 5.75 Å². The predicted octanol–water partition coefficient (Wildman–Crippen LogP) is 5.70. The maximum Gasteiger partial charge on any atom is 0.264 e. The Kier molecular flexibility index (Phi) is 11.7. The minimum absolute atomic E-state index is 0.0550. The quantitative estimate of drug-likeness (QED) is 0.177. The molecule has 0 unspecified atom stereocenters. The molecule has 0 bridgehead atoms. The number of rotatable bonds is 14. The van der Waals surface area contributed by atoms with Gasteiger partial charge in [0.15, 0.2) is 0 Å². The third-order valence-corrected chi connectivity index (χ3v) is 9.85. The third kappa shape index (κ3) is 8.67. The van der Waals surface area contributed by atoms with Crippen molar-refractivity contribution < 1.29 is 22.7 Å². The van der Waals surface area contributed by atoms with Crippen LogP contribution < -0.4 is 14.4 Å². The molecule has 236 valence electrons. The highest BCUT2D eigenvalue weighted by molar-refractivity contribution is 7.98. The summed E-state index contributed by atoms with van der Waals surface area (Å²) in [6, 6.07) is 29.4. The van der Waals surface area contributed by atoms with E-state index in [1.165, 1.54) is 23.7 Å². The molecule has 0 saturated carbocycles. The van der Waals surface area contributed by atoms with Crippen LogP contribution in [0.15, 0.2) is 113 Å². The van der Waals surface area contributed by atoms with Crippen LogP contribution in [-0.2, 0) is 32.6 Å². The number of carbonyl (C=O) groups excluding carboxylic acids is 2. The van der Waals surface area contributed by atoms with Crippen molar-refractivity contribution in [1.82, 2.24) is 10.2 Å². The molecule has 0 radical (unpaired) electrons. The first-order valence-corrected chi connectivity index (χ1v) is 17.3. The highest BCUT2D eigenvalue weighted by Crippen LogP contribution is 2.28. The van der Waals surface area contributed by atoms with Crippen LogP contribution >= 0.6 is 11.8 Å². The Bertz CT molecular complexity index is 1680. The molecule has 1 N–H and O–H groups in total. The fourth-order valence-corrected chi connectivity index (χ4v) is 6.83. The number of thioether (sulfide) groups is 1. The summed E-state index contributed by atoms with van der Waals surface area (Å²) in [5, 5.41) is 2.71. The fraction of sp³-hybridized carbons (Fsp3) is 0.257. The van der Waals surface area contributed by atoms with Crippen LogP contribution in [-0.4, -0.2) is 57.6 Å². The summed E-state index contributed by atoms with van der Waals surface area (Å²) in [6.45, 7) is 3.87. The lowest BCUT2D eigenvalue weighted by atomic mass is 10.0. The maximum absolute atomic E-state index is 14.4. The zero-order valence-corrected chi connectivity index (χ0v) is 27.6. The van der Waals surface area contributed by atoms with Gasteiger partial charge >= 0.3 is 0 Å². The van der Waals surface area contributed by atoms with Crippen molar-refractivity contribution in [2.75, 3.05) is 30.8 Å². The summed E-state index contributed by atoms with van der Waals surface area (Å²) in [5.41, 5.74) is 3.01.